The number of rotatable bonds is 11. The molecule has 0 aromatic heterocycles. The molecule has 0 spiro atoms. The largest absolute Gasteiger partial charge is 0.487 e. The number of carbonyl (C=O) groups is 1. The van der Waals surface area contributed by atoms with Crippen molar-refractivity contribution in [1.29, 1.82) is 0 Å². The average Bonchev–Trinajstić information content (AvgIpc) is 2.72. The van der Waals surface area contributed by atoms with Crippen LogP contribution in [0.2, 0.25) is 0 Å². The van der Waals surface area contributed by atoms with Gasteiger partial charge in [-0.05, 0) is 49.6 Å². The Hall–Kier alpha value is -3.01. The number of nitrogens with zero attached hydrogens (tertiary/aromatic N) is 1. The fourth-order valence-corrected chi connectivity index (χ4v) is 3.45. The fourth-order valence-electron chi connectivity index (χ4n) is 3.45. The van der Waals surface area contributed by atoms with Gasteiger partial charge in [-0.2, -0.15) is 0 Å². The van der Waals surface area contributed by atoms with Gasteiger partial charge in [-0.25, -0.2) is 4.79 Å². The molecule has 0 aliphatic carbocycles. The molecule has 0 unspecified atom stereocenters. The Morgan fingerprint density at radius 2 is 1.86 bits per heavy atom. The van der Waals surface area contributed by atoms with E-state index in [1.165, 1.54) is 0 Å². The molecule has 2 rings (SSSR count). The number of carbonyl (C=O) groups excluding carboxylic acids is 1. The van der Waals surface area contributed by atoms with E-state index in [1.807, 2.05) is 56.3 Å². The van der Waals surface area contributed by atoms with Gasteiger partial charge in [-0.1, -0.05) is 50.3 Å². The summed E-state index contributed by atoms with van der Waals surface area (Å²) < 4.78 is 11.4. The molecule has 0 aliphatic heterocycles. The van der Waals surface area contributed by atoms with Crippen LogP contribution >= 0.6 is 0 Å². The predicted molar refractivity (Wildman–Crippen MR) is 120 cm³/mol. The maximum absolute atomic E-state index is 12.8. The van der Waals surface area contributed by atoms with E-state index in [-0.39, 0.29) is 5.97 Å². The summed E-state index contributed by atoms with van der Waals surface area (Å²) in [6.45, 7) is 14.9. The lowest BCUT2D eigenvalue weighted by Gasteiger charge is -2.29. The molecule has 2 aromatic carbocycles. The zero-order valence-electron chi connectivity index (χ0n) is 17.7. The van der Waals surface area contributed by atoms with E-state index in [0.717, 1.165) is 41.1 Å². The van der Waals surface area contributed by atoms with E-state index in [2.05, 4.69) is 25.0 Å². The Morgan fingerprint density at radius 1 is 1.14 bits per heavy atom. The number of benzene rings is 2. The molecule has 0 amide bonds. The summed E-state index contributed by atoms with van der Waals surface area (Å²) in [6, 6.07) is 12.0. The van der Waals surface area contributed by atoms with E-state index in [4.69, 9.17) is 9.47 Å². The van der Waals surface area contributed by atoms with Gasteiger partial charge in [-0.3, -0.25) is 0 Å². The molecule has 0 saturated heterocycles. The number of ether oxygens (including phenoxy) is 2. The van der Waals surface area contributed by atoms with Crippen molar-refractivity contribution in [1.82, 2.24) is 0 Å². The van der Waals surface area contributed by atoms with Crippen LogP contribution in [0.3, 0.4) is 0 Å². The van der Waals surface area contributed by atoms with Crippen molar-refractivity contribution < 1.29 is 14.3 Å². The first kappa shape index (κ1) is 22.3. The van der Waals surface area contributed by atoms with Crippen molar-refractivity contribution in [3.05, 3.63) is 78.4 Å². The Morgan fingerprint density at radius 3 is 2.45 bits per heavy atom. The first-order valence-corrected chi connectivity index (χ1v) is 10.1. The Balaban J connectivity index is 2.77. The van der Waals surface area contributed by atoms with Crippen molar-refractivity contribution >= 4 is 17.3 Å². The molecule has 0 saturated carbocycles. The number of aryl methyl sites for hydroxylation is 1. The minimum Gasteiger partial charge on any atom is -0.487 e. The van der Waals surface area contributed by atoms with Crippen molar-refractivity contribution in [3.8, 4) is 5.75 Å². The summed E-state index contributed by atoms with van der Waals surface area (Å²) in [5.41, 5.74) is 4.26. The smallest absolute Gasteiger partial charge is 0.338 e. The lowest BCUT2D eigenvalue weighted by atomic mass is 9.95. The summed E-state index contributed by atoms with van der Waals surface area (Å²) >= 11 is 0. The highest BCUT2D eigenvalue weighted by atomic mass is 16.5. The van der Waals surface area contributed by atoms with Crippen molar-refractivity contribution in [2.45, 2.75) is 33.6 Å². The highest BCUT2D eigenvalue weighted by molar-refractivity contribution is 5.96. The zero-order valence-corrected chi connectivity index (χ0v) is 17.7. The summed E-state index contributed by atoms with van der Waals surface area (Å²) in [7, 11) is 0. The molecule has 0 aliphatic rings. The summed E-state index contributed by atoms with van der Waals surface area (Å²) in [4.78, 5) is 14.9. The molecule has 29 heavy (non-hydrogen) atoms. The van der Waals surface area contributed by atoms with Gasteiger partial charge < -0.3 is 14.4 Å². The van der Waals surface area contributed by atoms with Gasteiger partial charge in [0.15, 0.2) is 0 Å². The molecule has 0 radical (unpaired) electrons. The van der Waals surface area contributed by atoms with Gasteiger partial charge in [0.1, 0.15) is 12.4 Å². The van der Waals surface area contributed by atoms with Crippen LogP contribution in [-0.2, 0) is 11.2 Å². The van der Waals surface area contributed by atoms with Crippen LogP contribution in [0, 0.1) is 6.92 Å². The minimum absolute atomic E-state index is 0.295. The van der Waals surface area contributed by atoms with Crippen LogP contribution in [0.5, 0.6) is 5.75 Å². The second-order valence-electron chi connectivity index (χ2n) is 6.69. The highest BCUT2D eigenvalue weighted by Crippen LogP contribution is 2.41. The zero-order chi connectivity index (χ0) is 21.2. The summed E-state index contributed by atoms with van der Waals surface area (Å²) in [6.07, 6.45) is 5.25. The van der Waals surface area contributed by atoms with Crippen molar-refractivity contribution in [2.24, 2.45) is 0 Å². The van der Waals surface area contributed by atoms with Crippen LogP contribution in [0.25, 0.3) is 0 Å². The monoisotopic (exact) mass is 393 g/mol. The van der Waals surface area contributed by atoms with Crippen molar-refractivity contribution in [2.75, 3.05) is 24.7 Å². The highest BCUT2D eigenvalue weighted by Gasteiger charge is 2.25. The van der Waals surface area contributed by atoms with Crippen LogP contribution in [-0.4, -0.2) is 25.7 Å². The first-order valence-electron chi connectivity index (χ1n) is 10.1. The standard InChI is InChI=1S/C25H31NO3/c1-6-13-20-18-22(29-17-8-3)24(19(5)23(20)25(27)28-9-4)26(16-7-2)21-14-11-10-12-15-21/h7-8,10-12,14-15,18H,2-3,6,9,13,16-17H2,1,4-5H3. The van der Waals surface area contributed by atoms with Gasteiger partial charge >= 0.3 is 5.97 Å². The van der Waals surface area contributed by atoms with E-state index in [9.17, 15) is 4.79 Å². The quantitative estimate of drug-likeness (QED) is 0.346. The molecule has 154 valence electrons. The molecule has 0 fully saturated rings. The lowest BCUT2D eigenvalue weighted by molar-refractivity contribution is 0.0524. The lowest BCUT2D eigenvalue weighted by Crippen LogP contribution is -2.21. The Kier molecular flexibility index (Phi) is 8.53. The van der Waals surface area contributed by atoms with Crippen LogP contribution < -0.4 is 9.64 Å². The molecule has 4 heteroatoms. The number of hydrogen-bond donors (Lipinski definition) is 0. The molecule has 4 nitrogen and oxygen atoms in total. The average molecular weight is 394 g/mol. The molecule has 2 aromatic rings. The first-order chi connectivity index (χ1) is 14.1. The molecular weight excluding hydrogens is 362 g/mol. The van der Waals surface area contributed by atoms with Gasteiger partial charge in [-0.15, -0.1) is 6.58 Å². The number of esters is 1. The van der Waals surface area contributed by atoms with E-state index >= 15 is 0 Å². The molecule has 0 bridgehead atoms. The fraction of sp³-hybridized carbons (Fsp3) is 0.320. The number of para-hydroxylation sites is 1. The third kappa shape index (κ3) is 5.29. The third-order valence-corrected chi connectivity index (χ3v) is 4.60. The SMILES string of the molecule is C=CCOc1cc(CCC)c(C(=O)OCC)c(C)c1N(CC=C)c1ccccc1. The van der Waals surface area contributed by atoms with Gasteiger partial charge in [0.05, 0.1) is 17.9 Å². The minimum atomic E-state index is -0.295. The second-order valence-corrected chi connectivity index (χ2v) is 6.69. The molecule has 0 heterocycles. The summed E-state index contributed by atoms with van der Waals surface area (Å²) in [5.74, 6) is 0.432. The maximum atomic E-state index is 12.8. The normalized spacial score (nSPS) is 10.3. The number of hydrogen-bond acceptors (Lipinski definition) is 4. The Bertz CT molecular complexity index is 843. The second kappa shape index (κ2) is 11.1. The maximum Gasteiger partial charge on any atom is 0.338 e. The van der Waals surface area contributed by atoms with Gasteiger partial charge in [0.2, 0.25) is 0 Å². The third-order valence-electron chi connectivity index (χ3n) is 4.60. The van der Waals surface area contributed by atoms with Gasteiger partial charge in [0.25, 0.3) is 0 Å². The van der Waals surface area contributed by atoms with Crippen LogP contribution in [0.1, 0.15) is 41.8 Å². The molecular formula is C25H31NO3. The Labute approximate surface area is 174 Å². The number of anilines is 2. The van der Waals surface area contributed by atoms with E-state index in [1.54, 1.807) is 6.08 Å². The van der Waals surface area contributed by atoms with Crippen LogP contribution in [0.15, 0.2) is 61.7 Å². The van der Waals surface area contributed by atoms with E-state index < -0.39 is 0 Å². The van der Waals surface area contributed by atoms with E-state index in [0.29, 0.717) is 25.3 Å². The van der Waals surface area contributed by atoms with Crippen LogP contribution in [0.4, 0.5) is 11.4 Å². The topological polar surface area (TPSA) is 38.8 Å². The van der Waals surface area contributed by atoms with Gasteiger partial charge in [0, 0.05) is 12.2 Å². The summed E-state index contributed by atoms with van der Waals surface area (Å²) in [5, 5.41) is 0. The molecule has 0 atom stereocenters. The predicted octanol–water partition coefficient (Wildman–Crippen LogP) is 6.01. The van der Waals surface area contributed by atoms with Crippen molar-refractivity contribution in [3.63, 3.8) is 0 Å². The molecule has 0 N–H and O–H groups in total.